The zero-order valence-electron chi connectivity index (χ0n) is 9.88. The van der Waals surface area contributed by atoms with Crippen molar-refractivity contribution in [2.45, 2.75) is 45.3 Å². The van der Waals surface area contributed by atoms with Crippen molar-refractivity contribution in [3.63, 3.8) is 0 Å². The summed E-state index contributed by atoms with van der Waals surface area (Å²) in [5.41, 5.74) is 1.28. The van der Waals surface area contributed by atoms with Crippen LogP contribution < -0.4 is 5.38 Å². The highest BCUT2D eigenvalue weighted by molar-refractivity contribution is 6.87. The Morgan fingerprint density at radius 1 is 1.33 bits per heavy atom. The minimum absolute atomic E-state index is 0.679. The van der Waals surface area contributed by atoms with Crippen molar-refractivity contribution in [3.05, 3.63) is 17.9 Å². The molecule has 0 spiro atoms. The maximum absolute atomic E-state index is 10.1. The number of aldehydes is 1. The average Bonchev–Trinajstić information content (AvgIpc) is 2.60. The summed E-state index contributed by atoms with van der Waals surface area (Å²) >= 11 is 0. The molecule has 15 heavy (non-hydrogen) atoms. The van der Waals surface area contributed by atoms with Gasteiger partial charge in [0.1, 0.15) is 14.4 Å². The van der Waals surface area contributed by atoms with Crippen LogP contribution in [0.3, 0.4) is 0 Å². The minimum atomic E-state index is -1.29. The van der Waals surface area contributed by atoms with Crippen molar-refractivity contribution in [2.75, 3.05) is 0 Å². The molecule has 0 aromatic carbocycles. The maximum Gasteiger partial charge on any atom is 0.123 e. The Hall–Kier alpha value is -0.833. The molecule has 1 aromatic heterocycles. The molecule has 2 nitrogen and oxygen atoms in total. The van der Waals surface area contributed by atoms with Gasteiger partial charge in [-0.05, 0) is 30.9 Å². The van der Waals surface area contributed by atoms with E-state index in [4.69, 9.17) is 4.42 Å². The second-order valence-corrected chi connectivity index (χ2v) is 9.97. The van der Waals surface area contributed by atoms with E-state index in [9.17, 15) is 4.79 Å². The number of aryl methyl sites for hydroxylation is 1. The highest BCUT2D eigenvalue weighted by Gasteiger charge is 2.20. The predicted molar refractivity (Wildman–Crippen MR) is 65.3 cm³/mol. The van der Waals surface area contributed by atoms with Crippen LogP contribution in [-0.4, -0.2) is 14.4 Å². The third kappa shape index (κ3) is 4.04. The fourth-order valence-electron chi connectivity index (χ4n) is 1.46. The SMILES string of the molecule is C[Si](C)(C)c1cc(CCCCC=O)co1. The Bertz CT molecular complexity index is 310. The summed E-state index contributed by atoms with van der Waals surface area (Å²) in [7, 11) is -1.29. The summed E-state index contributed by atoms with van der Waals surface area (Å²) in [5, 5.41) is 1.17. The molecule has 0 saturated carbocycles. The fourth-order valence-corrected chi connectivity index (χ4v) is 2.49. The highest BCUT2D eigenvalue weighted by Crippen LogP contribution is 2.09. The van der Waals surface area contributed by atoms with Crippen LogP contribution >= 0.6 is 0 Å². The molecule has 3 heteroatoms. The fraction of sp³-hybridized carbons (Fsp3) is 0.583. The summed E-state index contributed by atoms with van der Waals surface area (Å²) in [4.78, 5) is 10.1. The number of carbonyl (C=O) groups excluding carboxylic acids is 1. The zero-order valence-corrected chi connectivity index (χ0v) is 10.9. The smallest absolute Gasteiger partial charge is 0.123 e. The van der Waals surface area contributed by atoms with E-state index >= 15 is 0 Å². The lowest BCUT2D eigenvalue weighted by molar-refractivity contribution is -0.107. The van der Waals surface area contributed by atoms with Crippen LogP contribution in [0.5, 0.6) is 0 Å². The summed E-state index contributed by atoms with van der Waals surface area (Å²) < 4.78 is 5.58. The van der Waals surface area contributed by atoms with Crippen LogP contribution in [0.4, 0.5) is 0 Å². The molecule has 1 heterocycles. The number of hydrogen-bond donors (Lipinski definition) is 0. The first-order valence-electron chi connectivity index (χ1n) is 5.55. The normalized spacial score (nSPS) is 11.7. The lowest BCUT2D eigenvalue weighted by Gasteiger charge is -2.10. The zero-order chi connectivity index (χ0) is 11.3. The largest absolute Gasteiger partial charge is 0.474 e. The van der Waals surface area contributed by atoms with Crippen LogP contribution in [0.1, 0.15) is 24.8 Å². The quantitative estimate of drug-likeness (QED) is 0.422. The summed E-state index contributed by atoms with van der Waals surface area (Å²) in [5.74, 6) is 0. The van der Waals surface area contributed by atoms with Crippen molar-refractivity contribution in [1.82, 2.24) is 0 Å². The Morgan fingerprint density at radius 3 is 2.60 bits per heavy atom. The van der Waals surface area contributed by atoms with Gasteiger partial charge in [-0.3, -0.25) is 0 Å². The summed E-state index contributed by atoms with van der Waals surface area (Å²) in [6.45, 7) is 6.84. The van der Waals surface area contributed by atoms with Gasteiger partial charge in [-0.2, -0.15) is 0 Å². The van der Waals surface area contributed by atoms with Crippen molar-refractivity contribution < 1.29 is 9.21 Å². The topological polar surface area (TPSA) is 30.2 Å². The van der Waals surface area contributed by atoms with Gasteiger partial charge in [0.2, 0.25) is 0 Å². The van der Waals surface area contributed by atoms with E-state index in [1.807, 2.05) is 6.26 Å². The Balaban J connectivity index is 2.43. The number of carbonyl (C=O) groups is 1. The van der Waals surface area contributed by atoms with Gasteiger partial charge in [0.05, 0.1) is 11.6 Å². The van der Waals surface area contributed by atoms with Gasteiger partial charge in [-0.25, -0.2) is 0 Å². The van der Waals surface area contributed by atoms with E-state index in [-0.39, 0.29) is 0 Å². The lowest BCUT2D eigenvalue weighted by Crippen LogP contribution is -2.36. The van der Waals surface area contributed by atoms with Crippen LogP contribution in [-0.2, 0) is 11.2 Å². The molecule has 0 aliphatic heterocycles. The third-order valence-corrected chi connectivity index (χ3v) is 4.17. The van der Waals surface area contributed by atoms with Crippen LogP contribution in [0, 0.1) is 0 Å². The maximum atomic E-state index is 10.1. The van der Waals surface area contributed by atoms with E-state index in [1.54, 1.807) is 0 Å². The first-order valence-corrected chi connectivity index (χ1v) is 9.05. The van der Waals surface area contributed by atoms with Gasteiger partial charge in [0.25, 0.3) is 0 Å². The summed E-state index contributed by atoms with van der Waals surface area (Å²) in [6.07, 6.45) is 6.62. The van der Waals surface area contributed by atoms with E-state index < -0.39 is 8.07 Å². The van der Waals surface area contributed by atoms with Crippen LogP contribution in [0.25, 0.3) is 0 Å². The first kappa shape index (κ1) is 12.2. The molecule has 0 aliphatic carbocycles. The van der Waals surface area contributed by atoms with Crippen molar-refractivity contribution in [3.8, 4) is 0 Å². The Kier molecular flexibility index (Phi) is 4.33. The Morgan fingerprint density at radius 2 is 2.07 bits per heavy atom. The number of hydrogen-bond acceptors (Lipinski definition) is 2. The van der Waals surface area contributed by atoms with E-state index in [2.05, 4.69) is 25.7 Å². The summed E-state index contributed by atoms with van der Waals surface area (Å²) in [6, 6.07) is 2.19. The standard InChI is InChI=1S/C12H20O2Si/c1-15(2,3)12-9-11(10-14-12)7-5-4-6-8-13/h8-10H,4-7H2,1-3H3. The van der Waals surface area contributed by atoms with Crippen molar-refractivity contribution >= 4 is 19.7 Å². The average molecular weight is 224 g/mol. The molecule has 1 aromatic rings. The molecular weight excluding hydrogens is 204 g/mol. The van der Waals surface area contributed by atoms with Crippen molar-refractivity contribution in [2.24, 2.45) is 0 Å². The minimum Gasteiger partial charge on any atom is -0.474 e. The molecular formula is C12H20O2Si. The molecule has 0 N–H and O–H groups in total. The first-order chi connectivity index (χ1) is 7.04. The molecule has 84 valence electrons. The van der Waals surface area contributed by atoms with Gasteiger partial charge in [0.15, 0.2) is 0 Å². The Labute approximate surface area is 92.7 Å². The van der Waals surface area contributed by atoms with Gasteiger partial charge >= 0.3 is 0 Å². The molecule has 0 saturated heterocycles. The van der Waals surface area contributed by atoms with E-state index in [0.717, 1.165) is 25.5 Å². The van der Waals surface area contributed by atoms with Crippen LogP contribution in [0.2, 0.25) is 19.6 Å². The molecule has 0 amide bonds. The monoisotopic (exact) mass is 224 g/mol. The van der Waals surface area contributed by atoms with Crippen molar-refractivity contribution in [1.29, 1.82) is 0 Å². The van der Waals surface area contributed by atoms with Gasteiger partial charge in [-0.15, -0.1) is 0 Å². The second-order valence-electron chi connectivity index (χ2n) is 4.98. The highest BCUT2D eigenvalue weighted by atomic mass is 28.3. The molecule has 0 radical (unpaired) electrons. The second kappa shape index (κ2) is 5.31. The molecule has 0 aliphatic rings. The number of furan rings is 1. The van der Waals surface area contributed by atoms with Gasteiger partial charge in [-0.1, -0.05) is 19.6 Å². The molecule has 0 unspecified atom stereocenters. The van der Waals surface area contributed by atoms with E-state index in [0.29, 0.717) is 6.42 Å². The predicted octanol–water partition coefficient (Wildman–Crippen LogP) is 2.74. The lowest BCUT2D eigenvalue weighted by atomic mass is 10.1. The van der Waals surface area contributed by atoms with Crippen LogP contribution in [0.15, 0.2) is 16.7 Å². The third-order valence-electron chi connectivity index (χ3n) is 2.43. The molecule has 0 fully saturated rings. The molecule has 0 atom stereocenters. The van der Waals surface area contributed by atoms with Gasteiger partial charge < -0.3 is 9.21 Å². The molecule has 0 bridgehead atoms. The number of unbranched alkanes of at least 4 members (excludes halogenated alkanes) is 2. The number of rotatable bonds is 6. The van der Waals surface area contributed by atoms with Gasteiger partial charge in [0, 0.05) is 6.42 Å². The molecule has 1 rings (SSSR count). The van der Waals surface area contributed by atoms with E-state index in [1.165, 1.54) is 10.9 Å².